The number of nitrogens with zero attached hydrogens (tertiary/aromatic N) is 2. The minimum Gasteiger partial charge on any atom is -0.348 e. The molecule has 1 heterocycles. The van der Waals surface area contributed by atoms with E-state index in [9.17, 15) is 4.79 Å². The average molecular weight is 369 g/mol. The lowest BCUT2D eigenvalue weighted by Gasteiger charge is -2.10. The van der Waals surface area contributed by atoms with Gasteiger partial charge in [-0.25, -0.2) is 4.98 Å². The fourth-order valence-electron chi connectivity index (χ4n) is 3.35. The molecule has 0 aliphatic rings. The van der Waals surface area contributed by atoms with Crippen LogP contribution in [0.1, 0.15) is 32.6 Å². The molecule has 0 aliphatic heterocycles. The molecule has 0 saturated carbocycles. The smallest absolute Gasteiger partial charge is 0.251 e. The number of nitrogens with one attached hydrogen (secondary N) is 1. The maximum atomic E-state index is 12.5. The Labute approximate surface area is 164 Å². The molecule has 4 aromatic rings. The van der Waals surface area contributed by atoms with Gasteiger partial charge in [-0.3, -0.25) is 4.79 Å². The lowest BCUT2D eigenvalue weighted by atomic mass is 10.0. The summed E-state index contributed by atoms with van der Waals surface area (Å²) in [4.78, 5) is 16.9. The van der Waals surface area contributed by atoms with Gasteiger partial charge in [0, 0.05) is 18.7 Å². The molecule has 0 fully saturated rings. The standard InChI is InChI=1S/C24H23N3O/c1-17-7-8-18(2)21(13-17)24(28)25-14-19-9-11-20(12-10-19)15-27-16-26-22-5-3-4-6-23(22)27/h3-13,16H,14-15H2,1-2H3,(H,25,28). The minimum absolute atomic E-state index is 0.0323. The lowest BCUT2D eigenvalue weighted by molar-refractivity contribution is 0.0950. The molecular weight excluding hydrogens is 346 g/mol. The van der Waals surface area contributed by atoms with Crippen LogP contribution < -0.4 is 5.32 Å². The molecule has 0 unspecified atom stereocenters. The van der Waals surface area contributed by atoms with Gasteiger partial charge >= 0.3 is 0 Å². The molecule has 0 spiro atoms. The predicted octanol–water partition coefficient (Wildman–Crippen LogP) is 4.63. The Balaban J connectivity index is 1.41. The Kier molecular flexibility index (Phi) is 4.94. The van der Waals surface area contributed by atoms with Crippen molar-refractivity contribution in [1.82, 2.24) is 14.9 Å². The summed E-state index contributed by atoms with van der Waals surface area (Å²) < 4.78 is 2.15. The third-order valence-electron chi connectivity index (χ3n) is 4.99. The van der Waals surface area contributed by atoms with Crippen LogP contribution in [0.4, 0.5) is 0 Å². The SMILES string of the molecule is Cc1ccc(C)c(C(=O)NCc2ccc(Cn3cnc4ccccc43)cc2)c1. The Morgan fingerprint density at radius 3 is 2.54 bits per heavy atom. The van der Waals surface area contributed by atoms with Crippen LogP contribution in [0, 0.1) is 13.8 Å². The first kappa shape index (κ1) is 18.0. The van der Waals surface area contributed by atoms with E-state index in [0.29, 0.717) is 6.54 Å². The molecular formula is C24H23N3O. The zero-order valence-corrected chi connectivity index (χ0v) is 16.1. The van der Waals surface area contributed by atoms with Gasteiger partial charge in [-0.05, 0) is 48.7 Å². The molecule has 0 radical (unpaired) electrons. The number of hydrogen-bond donors (Lipinski definition) is 1. The van der Waals surface area contributed by atoms with Gasteiger partial charge < -0.3 is 9.88 Å². The maximum absolute atomic E-state index is 12.5. The fraction of sp³-hybridized carbons (Fsp3) is 0.167. The molecule has 0 saturated heterocycles. The molecule has 4 nitrogen and oxygen atoms in total. The van der Waals surface area contributed by atoms with Crippen molar-refractivity contribution >= 4 is 16.9 Å². The third kappa shape index (κ3) is 3.81. The second-order valence-corrected chi connectivity index (χ2v) is 7.18. The van der Waals surface area contributed by atoms with Crippen LogP contribution >= 0.6 is 0 Å². The van der Waals surface area contributed by atoms with Gasteiger partial charge in [0.2, 0.25) is 0 Å². The summed E-state index contributed by atoms with van der Waals surface area (Å²) in [6.07, 6.45) is 1.88. The third-order valence-corrected chi connectivity index (χ3v) is 4.99. The highest BCUT2D eigenvalue weighted by molar-refractivity contribution is 5.95. The minimum atomic E-state index is -0.0323. The number of amides is 1. The van der Waals surface area contributed by atoms with Crippen LogP contribution in [0.2, 0.25) is 0 Å². The van der Waals surface area contributed by atoms with E-state index in [0.717, 1.165) is 39.8 Å². The van der Waals surface area contributed by atoms with E-state index in [1.165, 1.54) is 5.56 Å². The number of hydrogen-bond acceptors (Lipinski definition) is 2. The second kappa shape index (κ2) is 7.69. The average Bonchev–Trinajstić information content (AvgIpc) is 3.12. The Morgan fingerprint density at radius 2 is 1.71 bits per heavy atom. The number of para-hydroxylation sites is 2. The zero-order chi connectivity index (χ0) is 19.5. The Morgan fingerprint density at radius 1 is 0.964 bits per heavy atom. The van der Waals surface area contributed by atoms with Gasteiger partial charge in [-0.15, -0.1) is 0 Å². The van der Waals surface area contributed by atoms with Gasteiger partial charge in [-0.1, -0.05) is 54.1 Å². The van der Waals surface area contributed by atoms with Crippen molar-refractivity contribution in [3.05, 3.63) is 101 Å². The zero-order valence-electron chi connectivity index (χ0n) is 16.1. The molecule has 3 aromatic carbocycles. The van der Waals surface area contributed by atoms with Crippen molar-refractivity contribution in [3.8, 4) is 0 Å². The van der Waals surface area contributed by atoms with Gasteiger partial charge in [0.1, 0.15) is 0 Å². The van der Waals surface area contributed by atoms with E-state index in [-0.39, 0.29) is 5.91 Å². The van der Waals surface area contributed by atoms with E-state index in [2.05, 4.69) is 45.2 Å². The highest BCUT2D eigenvalue weighted by Gasteiger charge is 2.09. The predicted molar refractivity (Wildman–Crippen MR) is 112 cm³/mol. The summed E-state index contributed by atoms with van der Waals surface area (Å²) in [5.74, 6) is -0.0323. The second-order valence-electron chi connectivity index (χ2n) is 7.18. The lowest BCUT2D eigenvalue weighted by Crippen LogP contribution is -2.23. The van der Waals surface area contributed by atoms with Gasteiger partial charge in [-0.2, -0.15) is 0 Å². The number of carbonyl (C=O) groups excluding carboxylic acids is 1. The van der Waals surface area contributed by atoms with E-state index in [4.69, 9.17) is 0 Å². The van der Waals surface area contributed by atoms with E-state index >= 15 is 0 Å². The summed E-state index contributed by atoms with van der Waals surface area (Å²) in [6, 6.07) is 22.4. The number of aryl methyl sites for hydroxylation is 2. The molecule has 4 rings (SSSR count). The van der Waals surface area contributed by atoms with Crippen LogP contribution in [-0.2, 0) is 13.1 Å². The van der Waals surface area contributed by atoms with Crippen molar-refractivity contribution in [2.75, 3.05) is 0 Å². The monoisotopic (exact) mass is 369 g/mol. The van der Waals surface area contributed by atoms with Gasteiger partial charge in [0.15, 0.2) is 0 Å². The molecule has 1 amide bonds. The normalized spacial score (nSPS) is 10.9. The van der Waals surface area contributed by atoms with Crippen LogP contribution in [0.3, 0.4) is 0 Å². The van der Waals surface area contributed by atoms with Crippen molar-refractivity contribution in [2.24, 2.45) is 0 Å². The first-order valence-electron chi connectivity index (χ1n) is 9.43. The quantitative estimate of drug-likeness (QED) is 0.557. The Hall–Kier alpha value is -3.40. The van der Waals surface area contributed by atoms with Crippen LogP contribution in [0.25, 0.3) is 11.0 Å². The summed E-state index contributed by atoms with van der Waals surface area (Å²) in [7, 11) is 0. The number of aromatic nitrogens is 2. The van der Waals surface area contributed by atoms with Gasteiger partial charge in [0.05, 0.1) is 17.4 Å². The largest absolute Gasteiger partial charge is 0.348 e. The summed E-state index contributed by atoms with van der Waals surface area (Å²) in [5.41, 5.74) is 7.24. The molecule has 4 heteroatoms. The summed E-state index contributed by atoms with van der Waals surface area (Å²) in [5, 5.41) is 3.02. The van der Waals surface area contributed by atoms with Crippen molar-refractivity contribution in [1.29, 1.82) is 0 Å². The number of imidazole rings is 1. The molecule has 28 heavy (non-hydrogen) atoms. The van der Waals surface area contributed by atoms with Crippen molar-refractivity contribution < 1.29 is 4.79 Å². The van der Waals surface area contributed by atoms with Crippen LogP contribution in [0.5, 0.6) is 0 Å². The number of carbonyl (C=O) groups is 1. The molecule has 140 valence electrons. The van der Waals surface area contributed by atoms with E-state index in [1.54, 1.807) is 0 Å². The van der Waals surface area contributed by atoms with Crippen LogP contribution in [-0.4, -0.2) is 15.5 Å². The maximum Gasteiger partial charge on any atom is 0.251 e. The highest BCUT2D eigenvalue weighted by Crippen LogP contribution is 2.15. The number of benzene rings is 3. The summed E-state index contributed by atoms with van der Waals surface area (Å²) in [6.45, 7) is 5.25. The number of fused-ring (bicyclic) bond motifs is 1. The molecule has 1 N–H and O–H groups in total. The van der Waals surface area contributed by atoms with Gasteiger partial charge in [0.25, 0.3) is 5.91 Å². The fourth-order valence-corrected chi connectivity index (χ4v) is 3.35. The number of rotatable bonds is 5. The molecule has 1 aromatic heterocycles. The van der Waals surface area contributed by atoms with Crippen molar-refractivity contribution in [3.63, 3.8) is 0 Å². The van der Waals surface area contributed by atoms with Crippen molar-refractivity contribution in [2.45, 2.75) is 26.9 Å². The van der Waals surface area contributed by atoms with E-state index < -0.39 is 0 Å². The molecule has 0 aliphatic carbocycles. The first-order valence-corrected chi connectivity index (χ1v) is 9.43. The first-order chi connectivity index (χ1) is 13.6. The molecule has 0 atom stereocenters. The highest BCUT2D eigenvalue weighted by atomic mass is 16.1. The Bertz CT molecular complexity index is 1130. The topological polar surface area (TPSA) is 46.9 Å². The summed E-state index contributed by atoms with van der Waals surface area (Å²) >= 11 is 0. The van der Waals surface area contributed by atoms with E-state index in [1.807, 2.05) is 56.6 Å². The molecule has 0 bridgehead atoms. The van der Waals surface area contributed by atoms with Crippen LogP contribution in [0.15, 0.2) is 73.1 Å².